The molecule has 94 valence electrons. The Labute approximate surface area is 107 Å². The largest absolute Gasteiger partial charge is 0.364 e. The Morgan fingerprint density at radius 3 is 2.71 bits per heavy atom. The molecule has 1 unspecified atom stereocenters. The molecular weight excluding hydrogens is 236 g/mol. The van der Waals surface area contributed by atoms with E-state index in [0.717, 1.165) is 6.54 Å². The highest BCUT2D eigenvalue weighted by Gasteiger charge is 2.14. The van der Waals surface area contributed by atoms with Crippen LogP contribution in [0.4, 0.5) is 5.82 Å². The van der Waals surface area contributed by atoms with Crippen LogP contribution in [-0.4, -0.2) is 40.5 Å². The summed E-state index contributed by atoms with van der Waals surface area (Å²) >= 11 is 5.96. The van der Waals surface area contributed by atoms with Crippen LogP contribution in [0.3, 0.4) is 0 Å². The average molecular weight is 255 g/mol. The van der Waals surface area contributed by atoms with Gasteiger partial charge in [-0.05, 0) is 32.9 Å². The van der Waals surface area contributed by atoms with Gasteiger partial charge >= 0.3 is 0 Å². The first-order chi connectivity index (χ1) is 8.25. The lowest BCUT2D eigenvalue weighted by Gasteiger charge is -2.29. The van der Waals surface area contributed by atoms with Crippen molar-refractivity contribution in [3.05, 3.63) is 17.5 Å². The first-order valence-electron chi connectivity index (χ1n) is 6.21. The third-order valence-electron chi connectivity index (χ3n) is 3.02. The van der Waals surface area contributed by atoms with Crippen LogP contribution in [0.2, 0.25) is 5.15 Å². The van der Waals surface area contributed by atoms with Crippen molar-refractivity contribution in [3.63, 3.8) is 0 Å². The number of nitrogens with one attached hydrogen (secondary N) is 1. The molecule has 2 heterocycles. The van der Waals surface area contributed by atoms with Crippen LogP contribution in [0.5, 0.6) is 0 Å². The molecule has 0 bridgehead atoms. The van der Waals surface area contributed by atoms with Crippen molar-refractivity contribution in [1.29, 1.82) is 0 Å². The summed E-state index contributed by atoms with van der Waals surface area (Å²) in [7, 11) is 0. The van der Waals surface area contributed by atoms with Crippen LogP contribution in [-0.2, 0) is 0 Å². The van der Waals surface area contributed by atoms with Crippen molar-refractivity contribution in [1.82, 2.24) is 14.9 Å². The van der Waals surface area contributed by atoms with E-state index in [1.165, 1.54) is 32.4 Å². The van der Waals surface area contributed by atoms with Crippen LogP contribution in [0, 0.1) is 0 Å². The maximum atomic E-state index is 5.96. The van der Waals surface area contributed by atoms with E-state index in [1.807, 2.05) is 0 Å². The standard InChI is InChI=1S/C12H19ClN4/c1-10(9-17-7-3-2-4-8-17)16-12-11(13)14-5-6-15-12/h5-6,10H,2-4,7-9H2,1H3,(H,15,16). The van der Waals surface area contributed by atoms with E-state index in [0.29, 0.717) is 17.0 Å². The van der Waals surface area contributed by atoms with Gasteiger partial charge in [0, 0.05) is 25.0 Å². The van der Waals surface area contributed by atoms with E-state index < -0.39 is 0 Å². The van der Waals surface area contributed by atoms with Gasteiger partial charge < -0.3 is 10.2 Å². The second-order valence-electron chi connectivity index (χ2n) is 4.60. The summed E-state index contributed by atoms with van der Waals surface area (Å²) in [5.41, 5.74) is 0. The Kier molecular flexibility index (Phi) is 4.57. The van der Waals surface area contributed by atoms with Crippen LogP contribution >= 0.6 is 11.6 Å². The number of piperidine rings is 1. The number of rotatable bonds is 4. The Balaban J connectivity index is 1.84. The minimum Gasteiger partial charge on any atom is -0.364 e. The van der Waals surface area contributed by atoms with Crippen molar-refractivity contribution in [3.8, 4) is 0 Å². The molecule has 1 saturated heterocycles. The third-order valence-corrected chi connectivity index (χ3v) is 3.29. The van der Waals surface area contributed by atoms with Crippen molar-refractivity contribution < 1.29 is 0 Å². The highest BCUT2D eigenvalue weighted by molar-refractivity contribution is 6.31. The molecule has 4 nitrogen and oxygen atoms in total. The Morgan fingerprint density at radius 1 is 1.29 bits per heavy atom. The zero-order chi connectivity index (χ0) is 12.1. The van der Waals surface area contributed by atoms with Crippen molar-refractivity contribution in [2.45, 2.75) is 32.2 Å². The van der Waals surface area contributed by atoms with Crippen molar-refractivity contribution >= 4 is 17.4 Å². The molecule has 1 aliphatic heterocycles. The van der Waals surface area contributed by atoms with E-state index in [1.54, 1.807) is 12.4 Å². The van der Waals surface area contributed by atoms with E-state index in [2.05, 4.69) is 27.1 Å². The van der Waals surface area contributed by atoms with E-state index in [9.17, 15) is 0 Å². The Morgan fingerprint density at radius 2 is 2.00 bits per heavy atom. The molecule has 2 rings (SSSR count). The maximum Gasteiger partial charge on any atom is 0.171 e. The minimum atomic E-state index is 0.335. The monoisotopic (exact) mass is 254 g/mol. The number of anilines is 1. The molecular formula is C12H19ClN4. The summed E-state index contributed by atoms with van der Waals surface area (Å²) in [4.78, 5) is 10.7. The second kappa shape index (κ2) is 6.17. The van der Waals surface area contributed by atoms with Crippen LogP contribution in [0.25, 0.3) is 0 Å². The molecule has 0 spiro atoms. The van der Waals surface area contributed by atoms with Gasteiger partial charge in [0.25, 0.3) is 0 Å². The number of hydrogen-bond acceptors (Lipinski definition) is 4. The molecule has 5 heteroatoms. The molecule has 1 aromatic rings. The summed E-state index contributed by atoms with van der Waals surface area (Å²) in [5.74, 6) is 0.679. The van der Waals surface area contributed by atoms with Gasteiger partial charge in [-0.2, -0.15) is 0 Å². The molecule has 17 heavy (non-hydrogen) atoms. The van der Waals surface area contributed by atoms with Gasteiger partial charge in [-0.3, -0.25) is 0 Å². The quantitative estimate of drug-likeness (QED) is 0.896. The molecule has 1 aliphatic rings. The van der Waals surface area contributed by atoms with Gasteiger partial charge in [-0.25, -0.2) is 9.97 Å². The molecule has 1 atom stereocenters. The summed E-state index contributed by atoms with van der Waals surface area (Å²) in [6, 6.07) is 0.335. The predicted molar refractivity (Wildman–Crippen MR) is 70.4 cm³/mol. The number of aromatic nitrogens is 2. The fraction of sp³-hybridized carbons (Fsp3) is 0.667. The molecule has 0 aliphatic carbocycles. The van der Waals surface area contributed by atoms with E-state index in [-0.39, 0.29) is 0 Å². The molecule has 1 fully saturated rings. The SMILES string of the molecule is CC(CN1CCCCC1)Nc1nccnc1Cl. The highest BCUT2D eigenvalue weighted by atomic mass is 35.5. The summed E-state index contributed by atoms with van der Waals surface area (Å²) < 4.78 is 0. The van der Waals surface area contributed by atoms with Crippen molar-refractivity contribution in [2.24, 2.45) is 0 Å². The molecule has 0 radical (unpaired) electrons. The molecule has 1 aromatic heterocycles. The van der Waals surface area contributed by atoms with E-state index in [4.69, 9.17) is 11.6 Å². The lowest BCUT2D eigenvalue weighted by Crippen LogP contribution is -2.38. The first-order valence-corrected chi connectivity index (χ1v) is 6.59. The Bertz CT molecular complexity index is 352. The zero-order valence-electron chi connectivity index (χ0n) is 10.2. The summed E-state index contributed by atoms with van der Waals surface area (Å²) in [6.07, 6.45) is 7.26. The fourth-order valence-corrected chi connectivity index (χ4v) is 2.39. The molecule has 1 N–H and O–H groups in total. The first kappa shape index (κ1) is 12.6. The van der Waals surface area contributed by atoms with Gasteiger partial charge in [-0.1, -0.05) is 18.0 Å². The normalized spacial score (nSPS) is 18.9. The second-order valence-corrected chi connectivity index (χ2v) is 4.96. The van der Waals surface area contributed by atoms with Gasteiger partial charge in [0.15, 0.2) is 11.0 Å². The van der Waals surface area contributed by atoms with E-state index >= 15 is 0 Å². The van der Waals surface area contributed by atoms with Gasteiger partial charge in [0.1, 0.15) is 0 Å². The number of hydrogen-bond donors (Lipinski definition) is 1. The van der Waals surface area contributed by atoms with Crippen LogP contribution in [0.15, 0.2) is 12.4 Å². The minimum absolute atomic E-state index is 0.335. The topological polar surface area (TPSA) is 41.0 Å². The summed E-state index contributed by atoms with van der Waals surface area (Å²) in [5, 5.41) is 3.75. The van der Waals surface area contributed by atoms with Crippen LogP contribution in [0.1, 0.15) is 26.2 Å². The van der Waals surface area contributed by atoms with Crippen LogP contribution < -0.4 is 5.32 Å². The number of likely N-dealkylation sites (tertiary alicyclic amines) is 1. The van der Waals surface area contributed by atoms with Gasteiger partial charge in [0.05, 0.1) is 0 Å². The third kappa shape index (κ3) is 3.82. The summed E-state index contributed by atoms with van der Waals surface area (Å²) in [6.45, 7) is 5.60. The Hall–Kier alpha value is -0.870. The lowest BCUT2D eigenvalue weighted by molar-refractivity contribution is 0.223. The van der Waals surface area contributed by atoms with Gasteiger partial charge in [-0.15, -0.1) is 0 Å². The van der Waals surface area contributed by atoms with Crippen molar-refractivity contribution in [2.75, 3.05) is 25.0 Å². The smallest absolute Gasteiger partial charge is 0.171 e. The fourth-order valence-electron chi connectivity index (χ4n) is 2.23. The molecule has 0 aromatic carbocycles. The molecule has 0 saturated carbocycles. The van der Waals surface area contributed by atoms with Gasteiger partial charge in [0.2, 0.25) is 0 Å². The number of halogens is 1. The molecule has 0 amide bonds. The zero-order valence-corrected chi connectivity index (χ0v) is 11.0. The maximum absolute atomic E-state index is 5.96. The lowest BCUT2D eigenvalue weighted by atomic mass is 10.1. The predicted octanol–water partition coefficient (Wildman–Crippen LogP) is 2.42. The highest BCUT2D eigenvalue weighted by Crippen LogP contribution is 2.16. The average Bonchev–Trinajstić information content (AvgIpc) is 2.33. The number of nitrogens with zero attached hydrogens (tertiary/aromatic N) is 3.